The monoisotopic (exact) mass is 367 g/mol. The van der Waals surface area contributed by atoms with Crippen molar-refractivity contribution in [2.24, 2.45) is 0 Å². The van der Waals surface area contributed by atoms with E-state index in [9.17, 15) is 9.18 Å². The molecule has 0 aliphatic rings. The third-order valence-electron chi connectivity index (χ3n) is 4.09. The number of urea groups is 1. The van der Waals surface area contributed by atoms with Gasteiger partial charge in [0.2, 0.25) is 0 Å². The lowest BCUT2D eigenvalue weighted by molar-refractivity contribution is 0.230. The first-order valence-electron chi connectivity index (χ1n) is 8.65. The molecule has 0 saturated heterocycles. The first kappa shape index (κ1) is 18.6. The van der Waals surface area contributed by atoms with E-state index in [0.29, 0.717) is 5.82 Å². The zero-order chi connectivity index (χ0) is 19.6. The number of hydrogen-bond acceptors (Lipinski definition) is 3. The second-order valence-electron chi connectivity index (χ2n) is 6.73. The van der Waals surface area contributed by atoms with E-state index in [2.05, 4.69) is 15.4 Å². The van der Waals surface area contributed by atoms with Crippen LogP contribution < -0.4 is 5.32 Å². The molecule has 0 fully saturated rings. The molecule has 0 unspecified atom stereocenters. The molecule has 0 spiro atoms. The molecule has 3 aromatic rings. The van der Waals surface area contributed by atoms with Crippen molar-refractivity contribution in [1.29, 1.82) is 0 Å². The number of nitrogens with one attached hydrogen (secondary N) is 1. The van der Waals surface area contributed by atoms with Crippen molar-refractivity contribution in [3.05, 3.63) is 54.6 Å². The van der Waals surface area contributed by atoms with Crippen molar-refractivity contribution in [2.45, 2.75) is 19.9 Å². The predicted molar refractivity (Wildman–Crippen MR) is 104 cm³/mol. The van der Waals surface area contributed by atoms with Crippen LogP contribution >= 0.6 is 0 Å². The average Bonchev–Trinajstić information content (AvgIpc) is 3.08. The molecule has 1 N–H and O–H groups in total. The van der Waals surface area contributed by atoms with E-state index in [4.69, 9.17) is 0 Å². The minimum absolute atomic E-state index is 0.174. The molecule has 2 aromatic heterocycles. The number of pyridine rings is 1. The molecule has 2 amide bonds. The van der Waals surface area contributed by atoms with Gasteiger partial charge in [0.1, 0.15) is 17.3 Å². The van der Waals surface area contributed by atoms with E-state index >= 15 is 0 Å². The van der Waals surface area contributed by atoms with E-state index in [1.807, 2.05) is 30.8 Å². The number of carbonyl (C=O) groups is 1. The Morgan fingerprint density at radius 1 is 1.15 bits per heavy atom. The fourth-order valence-corrected chi connectivity index (χ4v) is 2.58. The number of anilines is 1. The van der Waals surface area contributed by atoms with Crippen LogP contribution in [0.5, 0.6) is 0 Å². The molecule has 0 radical (unpaired) electrons. The Balaban J connectivity index is 2.05. The maximum atomic E-state index is 13.3. The van der Waals surface area contributed by atoms with Gasteiger partial charge in [-0.25, -0.2) is 14.2 Å². The maximum absolute atomic E-state index is 13.3. The molecular weight excluding hydrogens is 345 g/mol. The molecule has 6 nitrogen and oxygen atoms in total. The zero-order valence-corrected chi connectivity index (χ0v) is 15.8. The molecule has 140 valence electrons. The Labute approximate surface area is 157 Å². The number of aromatic nitrogens is 3. The summed E-state index contributed by atoms with van der Waals surface area (Å²) in [5, 5.41) is 7.43. The van der Waals surface area contributed by atoms with Gasteiger partial charge in [-0.3, -0.25) is 10.00 Å². The number of hydrogen-bond donors (Lipinski definition) is 1. The highest BCUT2D eigenvalue weighted by Crippen LogP contribution is 2.32. The Kier molecular flexibility index (Phi) is 5.21. The van der Waals surface area contributed by atoms with Crippen LogP contribution in [-0.2, 0) is 0 Å². The van der Waals surface area contributed by atoms with Crippen LogP contribution in [0.25, 0.3) is 22.4 Å². The summed E-state index contributed by atoms with van der Waals surface area (Å²) in [6.45, 7) is 4.08. The SMILES string of the molecule is CC(C)n1cc(-c2ccnc(NC(=O)N(C)C)c2)c(-c2ccc(F)cc2)n1. The summed E-state index contributed by atoms with van der Waals surface area (Å²) in [5.41, 5.74) is 3.32. The summed E-state index contributed by atoms with van der Waals surface area (Å²) in [6.07, 6.45) is 3.60. The van der Waals surface area contributed by atoms with Crippen LogP contribution in [0.4, 0.5) is 15.0 Å². The minimum Gasteiger partial charge on any atom is -0.331 e. The van der Waals surface area contributed by atoms with Crippen molar-refractivity contribution in [1.82, 2.24) is 19.7 Å². The van der Waals surface area contributed by atoms with E-state index in [1.54, 1.807) is 38.5 Å². The summed E-state index contributed by atoms with van der Waals surface area (Å²) in [5.74, 6) is 0.162. The number of benzene rings is 1. The zero-order valence-electron chi connectivity index (χ0n) is 15.8. The molecule has 0 saturated carbocycles. The molecule has 27 heavy (non-hydrogen) atoms. The Bertz CT molecular complexity index is 947. The molecule has 0 atom stereocenters. The fraction of sp³-hybridized carbons (Fsp3) is 0.250. The largest absolute Gasteiger partial charge is 0.331 e. The van der Waals surface area contributed by atoms with E-state index in [0.717, 1.165) is 22.4 Å². The fourth-order valence-electron chi connectivity index (χ4n) is 2.58. The molecule has 7 heteroatoms. The topological polar surface area (TPSA) is 63.1 Å². The van der Waals surface area contributed by atoms with Crippen LogP contribution in [0.3, 0.4) is 0 Å². The highest BCUT2D eigenvalue weighted by molar-refractivity contribution is 5.89. The molecule has 3 rings (SSSR count). The lowest BCUT2D eigenvalue weighted by atomic mass is 10.0. The lowest BCUT2D eigenvalue weighted by Gasteiger charge is -2.12. The van der Waals surface area contributed by atoms with Crippen molar-refractivity contribution in [3.8, 4) is 22.4 Å². The maximum Gasteiger partial charge on any atom is 0.322 e. The highest BCUT2D eigenvalue weighted by atomic mass is 19.1. The molecule has 0 aliphatic carbocycles. The Morgan fingerprint density at radius 2 is 1.85 bits per heavy atom. The highest BCUT2D eigenvalue weighted by Gasteiger charge is 2.16. The number of carbonyl (C=O) groups excluding carboxylic acids is 1. The smallest absolute Gasteiger partial charge is 0.322 e. The number of amides is 2. The quantitative estimate of drug-likeness (QED) is 0.742. The summed E-state index contributed by atoms with van der Waals surface area (Å²) in [7, 11) is 3.33. The first-order valence-corrected chi connectivity index (χ1v) is 8.65. The predicted octanol–water partition coefficient (Wildman–Crippen LogP) is 4.43. The standard InChI is InChI=1S/C20H22FN5O/c1-13(2)26-12-17(19(24-26)14-5-7-16(21)8-6-14)15-9-10-22-18(11-15)23-20(27)25(3)4/h5-13H,1-4H3,(H,22,23,27). The van der Waals surface area contributed by atoms with Gasteiger partial charge in [0.05, 0.1) is 0 Å². The minimum atomic E-state index is -0.291. The molecule has 1 aromatic carbocycles. The van der Waals surface area contributed by atoms with Gasteiger partial charge >= 0.3 is 6.03 Å². The normalized spacial score (nSPS) is 10.9. The second kappa shape index (κ2) is 7.57. The first-order chi connectivity index (χ1) is 12.8. The lowest BCUT2D eigenvalue weighted by Crippen LogP contribution is -2.27. The summed E-state index contributed by atoms with van der Waals surface area (Å²) in [4.78, 5) is 17.5. The van der Waals surface area contributed by atoms with Gasteiger partial charge in [-0.05, 0) is 55.8 Å². The van der Waals surface area contributed by atoms with Gasteiger partial charge in [-0.2, -0.15) is 5.10 Å². The second-order valence-corrected chi connectivity index (χ2v) is 6.73. The van der Waals surface area contributed by atoms with Crippen LogP contribution in [0.2, 0.25) is 0 Å². The van der Waals surface area contributed by atoms with Crippen LogP contribution in [-0.4, -0.2) is 39.8 Å². The van der Waals surface area contributed by atoms with E-state index in [-0.39, 0.29) is 17.9 Å². The van der Waals surface area contributed by atoms with Crippen molar-refractivity contribution in [3.63, 3.8) is 0 Å². The molecule has 0 bridgehead atoms. The number of nitrogens with zero attached hydrogens (tertiary/aromatic N) is 4. The average molecular weight is 367 g/mol. The Morgan fingerprint density at radius 3 is 2.48 bits per heavy atom. The summed E-state index contributed by atoms with van der Waals surface area (Å²) >= 11 is 0. The van der Waals surface area contributed by atoms with E-state index in [1.165, 1.54) is 17.0 Å². The third kappa shape index (κ3) is 4.13. The van der Waals surface area contributed by atoms with Crippen molar-refractivity contribution in [2.75, 3.05) is 19.4 Å². The van der Waals surface area contributed by atoms with Gasteiger partial charge in [0, 0.05) is 43.7 Å². The number of halogens is 1. The van der Waals surface area contributed by atoms with E-state index < -0.39 is 0 Å². The molecular formula is C20H22FN5O. The Hall–Kier alpha value is -3.22. The third-order valence-corrected chi connectivity index (χ3v) is 4.09. The van der Waals surface area contributed by atoms with Crippen LogP contribution in [0, 0.1) is 5.82 Å². The summed E-state index contributed by atoms with van der Waals surface area (Å²) in [6, 6.07) is 9.84. The van der Waals surface area contributed by atoms with Gasteiger partial charge in [0.25, 0.3) is 0 Å². The summed E-state index contributed by atoms with van der Waals surface area (Å²) < 4.78 is 15.2. The van der Waals surface area contributed by atoms with Gasteiger partial charge < -0.3 is 4.90 Å². The van der Waals surface area contributed by atoms with Crippen molar-refractivity contribution >= 4 is 11.8 Å². The molecule has 0 aliphatic heterocycles. The van der Waals surface area contributed by atoms with Gasteiger partial charge in [-0.15, -0.1) is 0 Å². The molecule has 2 heterocycles. The van der Waals surface area contributed by atoms with Crippen LogP contribution in [0.15, 0.2) is 48.8 Å². The van der Waals surface area contributed by atoms with Gasteiger partial charge in [-0.1, -0.05) is 0 Å². The number of rotatable bonds is 4. The van der Waals surface area contributed by atoms with Crippen molar-refractivity contribution < 1.29 is 9.18 Å². The van der Waals surface area contributed by atoms with Gasteiger partial charge in [0.15, 0.2) is 0 Å². The van der Waals surface area contributed by atoms with Crippen LogP contribution in [0.1, 0.15) is 19.9 Å².